The van der Waals surface area contributed by atoms with Gasteiger partial charge in [0.1, 0.15) is 0 Å². The lowest BCUT2D eigenvalue weighted by molar-refractivity contribution is -0.115. The first-order chi connectivity index (χ1) is 16.1. The van der Waals surface area contributed by atoms with E-state index < -0.39 is 15.3 Å². The summed E-state index contributed by atoms with van der Waals surface area (Å²) in [7, 11) is -0.700. The molecule has 0 aromatic heterocycles. The van der Waals surface area contributed by atoms with Crippen LogP contribution >= 0.6 is 23.4 Å². The summed E-state index contributed by atoms with van der Waals surface area (Å²) in [5, 5.41) is 2.87. The minimum absolute atomic E-state index is 0.0672. The summed E-state index contributed by atoms with van der Waals surface area (Å²) in [4.78, 5) is 13.6. The number of hydrogen-bond donors (Lipinski definition) is 2. The maximum atomic E-state index is 12.7. The van der Waals surface area contributed by atoms with E-state index in [0.29, 0.717) is 33.5 Å². The smallest absolute Gasteiger partial charge is 0.261 e. The van der Waals surface area contributed by atoms with E-state index in [1.807, 2.05) is 12.1 Å². The number of sulfonamides is 1. The van der Waals surface area contributed by atoms with E-state index in [1.54, 1.807) is 64.5 Å². The van der Waals surface area contributed by atoms with E-state index in [2.05, 4.69) is 10.0 Å². The molecule has 7 nitrogen and oxygen atoms in total. The van der Waals surface area contributed by atoms with Gasteiger partial charge in [-0.05, 0) is 74.0 Å². The number of carbonyl (C=O) groups excluding carboxylic acids is 1. The lowest BCUT2D eigenvalue weighted by atomic mass is 10.2. The molecule has 0 saturated heterocycles. The van der Waals surface area contributed by atoms with Gasteiger partial charge in [0.25, 0.3) is 10.0 Å². The van der Waals surface area contributed by atoms with Gasteiger partial charge in [-0.1, -0.05) is 17.7 Å². The molecule has 0 aliphatic carbocycles. The first-order valence-electron chi connectivity index (χ1n) is 10.2. The van der Waals surface area contributed by atoms with Crippen molar-refractivity contribution in [1.82, 2.24) is 0 Å². The molecule has 0 fully saturated rings. The number of anilines is 2. The van der Waals surface area contributed by atoms with Crippen molar-refractivity contribution in [2.24, 2.45) is 0 Å². The van der Waals surface area contributed by atoms with Crippen molar-refractivity contribution in [1.29, 1.82) is 0 Å². The van der Waals surface area contributed by atoms with Gasteiger partial charge in [0, 0.05) is 15.6 Å². The third-order valence-electron chi connectivity index (χ3n) is 4.98. The number of amides is 1. The minimum Gasteiger partial charge on any atom is -0.493 e. The minimum atomic E-state index is -3.81. The molecule has 1 atom stereocenters. The van der Waals surface area contributed by atoms with Gasteiger partial charge in [-0.3, -0.25) is 9.52 Å². The molecule has 0 spiro atoms. The molecule has 2 N–H and O–H groups in total. The molecule has 0 aliphatic rings. The fourth-order valence-corrected chi connectivity index (χ4v) is 5.22. The van der Waals surface area contributed by atoms with Crippen LogP contribution in [0.5, 0.6) is 11.5 Å². The quantitative estimate of drug-likeness (QED) is 0.357. The van der Waals surface area contributed by atoms with Crippen molar-refractivity contribution in [2.45, 2.75) is 28.9 Å². The van der Waals surface area contributed by atoms with Crippen molar-refractivity contribution >= 4 is 50.7 Å². The Hall–Kier alpha value is -2.88. The van der Waals surface area contributed by atoms with E-state index in [4.69, 9.17) is 21.1 Å². The normalized spacial score (nSPS) is 12.0. The fourth-order valence-electron chi connectivity index (χ4n) is 3.03. The van der Waals surface area contributed by atoms with E-state index in [0.717, 1.165) is 4.90 Å². The van der Waals surface area contributed by atoms with E-state index in [1.165, 1.54) is 23.9 Å². The SMILES string of the molecule is COc1ccc(S[C@@H](C)C(=O)Nc2ccc(S(=O)(=O)Nc3cccc(Cl)c3C)cc2)cc1OC. The highest BCUT2D eigenvalue weighted by Crippen LogP contribution is 2.34. The Balaban J connectivity index is 1.65. The van der Waals surface area contributed by atoms with Crippen molar-refractivity contribution in [3.63, 3.8) is 0 Å². The molecule has 0 saturated carbocycles. The predicted octanol–water partition coefficient (Wildman–Crippen LogP) is 5.59. The summed E-state index contributed by atoms with van der Waals surface area (Å²) in [6, 6.07) is 16.4. The average molecular weight is 521 g/mol. The maximum absolute atomic E-state index is 12.7. The number of carbonyl (C=O) groups is 1. The second-order valence-electron chi connectivity index (χ2n) is 7.31. The van der Waals surface area contributed by atoms with Crippen molar-refractivity contribution in [3.05, 3.63) is 71.2 Å². The Labute approximate surface area is 208 Å². The molecular weight excluding hydrogens is 496 g/mol. The summed E-state index contributed by atoms with van der Waals surface area (Å²) < 4.78 is 38.6. The fraction of sp³-hybridized carbons (Fsp3) is 0.208. The second kappa shape index (κ2) is 11.0. The summed E-state index contributed by atoms with van der Waals surface area (Å²) in [6.07, 6.45) is 0. The van der Waals surface area contributed by atoms with Gasteiger partial charge in [-0.2, -0.15) is 0 Å². The van der Waals surface area contributed by atoms with Crippen LogP contribution in [0, 0.1) is 6.92 Å². The van der Waals surface area contributed by atoms with Gasteiger partial charge in [0.05, 0.1) is 30.1 Å². The van der Waals surface area contributed by atoms with Gasteiger partial charge in [0.2, 0.25) is 5.91 Å². The molecule has 0 aliphatic heterocycles. The number of nitrogens with one attached hydrogen (secondary N) is 2. The van der Waals surface area contributed by atoms with Crippen LogP contribution in [0.3, 0.4) is 0 Å². The summed E-state index contributed by atoms with van der Waals surface area (Å²) in [5.41, 5.74) is 1.53. The number of ether oxygens (including phenoxy) is 2. The second-order valence-corrected chi connectivity index (χ2v) is 10.8. The zero-order valence-electron chi connectivity index (χ0n) is 19.1. The van der Waals surface area contributed by atoms with E-state index in [9.17, 15) is 13.2 Å². The van der Waals surface area contributed by atoms with Gasteiger partial charge >= 0.3 is 0 Å². The van der Waals surface area contributed by atoms with Crippen LogP contribution in [0.2, 0.25) is 5.02 Å². The van der Waals surface area contributed by atoms with Crippen LogP contribution in [0.15, 0.2) is 70.5 Å². The Morgan fingerprint density at radius 3 is 2.32 bits per heavy atom. The van der Waals surface area contributed by atoms with E-state index >= 15 is 0 Å². The molecule has 3 aromatic rings. The zero-order chi connectivity index (χ0) is 24.9. The third-order valence-corrected chi connectivity index (χ3v) is 7.87. The number of thioether (sulfide) groups is 1. The highest BCUT2D eigenvalue weighted by Gasteiger charge is 2.18. The maximum Gasteiger partial charge on any atom is 0.261 e. The van der Waals surface area contributed by atoms with Crippen molar-refractivity contribution < 1.29 is 22.7 Å². The molecule has 0 heterocycles. The molecule has 180 valence electrons. The van der Waals surface area contributed by atoms with Gasteiger partial charge in [0.15, 0.2) is 11.5 Å². The summed E-state index contributed by atoms with van der Waals surface area (Å²) in [5.74, 6) is 0.973. The third kappa shape index (κ3) is 6.16. The largest absolute Gasteiger partial charge is 0.493 e. The van der Waals surface area contributed by atoms with Crippen LogP contribution in [0.1, 0.15) is 12.5 Å². The average Bonchev–Trinajstić information content (AvgIpc) is 2.82. The Kier molecular flexibility index (Phi) is 8.35. The van der Waals surface area contributed by atoms with Gasteiger partial charge in [-0.15, -0.1) is 11.8 Å². The molecule has 3 aromatic carbocycles. The first-order valence-corrected chi connectivity index (χ1v) is 13.0. The first kappa shape index (κ1) is 25.7. The van der Waals surface area contributed by atoms with Crippen molar-refractivity contribution in [2.75, 3.05) is 24.3 Å². The van der Waals surface area contributed by atoms with Gasteiger partial charge in [-0.25, -0.2) is 8.42 Å². The zero-order valence-corrected chi connectivity index (χ0v) is 21.5. The highest BCUT2D eigenvalue weighted by atomic mass is 35.5. The highest BCUT2D eigenvalue weighted by molar-refractivity contribution is 8.00. The van der Waals surface area contributed by atoms with Crippen LogP contribution in [0.25, 0.3) is 0 Å². The summed E-state index contributed by atoms with van der Waals surface area (Å²) >= 11 is 7.44. The number of methoxy groups -OCH3 is 2. The number of halogens is 1. The number of benzene rings is 3. The van der Waals surface area contributed by atoms with Crippen LogP contribution in [-0.2, 0) is 14.8 Å². The van der Waals surface area contributed by atoms with Gasteiger partial charge < -0.3 is 14.8 Å². The van der Waals surface area contributed by atoms with E-state index in [-0.39, 0.29) is 10.8 Å². The monoisotopic (exact) mass is 520 g/mol. The molecule has 0 radical (unpaired) electrons. The Morgan fingerprint density at radius 1 is 1.00 bits per heavy atom. The summed E-state index contributed by atoms with van der Waals surface area (Å²) in [6.45, 7) is 3.52. The standard InChI is InChI=1S/C24H25ClN2O5S2/c1-15-20(25)6-5-7-21(15)27-34(29,30)19-11-8-17(9-12-19)26-24(28)16(2)33-18-10-13-22(31-3)23(14-18)32-4/h5-14,16,27H,1-4H3,(H,26,28)/t16-/m0/s1. The Morgan fingerprint density at radius 2 is 1.68 bits per heavy atom. The molecule has 34 heavy (non-hydrogen) atoms. The predicted molar refractivity (Wildman–Crippen MR) is 137 cm³/mol. The topological polar surface area (TPSA) is 93.7 Å². The van der Waals surface area contributed by atoms with Crippen molar-refractivity contribution in [3.8, 4) is 11.5 Å². The van der Waals surface area contributed by atoms with Crippen LogP contribution in [0.4, 0.5) is 11.4 Å². The lowest BCUT2D eigenvalue weighted by Crippen LogP contribution is -2.22. The molecule has 0 unspecified atom stereocenters. The number of rotatable bonds is 9. The van der Waals surface area contributed by atoms with Crippen LogP contribution < -0.4 is 19.5 Å². The lowest BCUT2D eigenvalue weighted by Gasteiger charge is -2.14. The number of hydrogen-bond acceptors (Lipinski definition) is 6. The molecule has 10 heteroatoms. The Bertz CT molecular complexity index is 1280. The molecule has 1 amide bonds. The molecule has 0 bridgehead atoms. The molecule has 3 rings (SSSR count). The van der Waals surface area contributed by atoms with Crippen LogP contribution in [-0.4, -0.2) is 33.8 Å². The molecular formula is C24H25ClN2O5S2.